The molecule has 0 N–H and O–H groups in total. The van der Waals surface area contributed by atoms with Gasteiger partial charge in [-0.3, -0.25) is 0 Å². The Bertz CT molecular complexity index is 3210. The summed E-state index contributed by atoms with van der Waals surface area (Å²) >= 11 is 0. The van der Waals surface area contributed by atoms with Gasteiger partial charge in [0.15, 0.2) is 5.58 Å². The molecule has 0 spiro atoms. The van der Waals surface area contributed by atoms with E-state index in [1.165, 1.54) is 54.2 Å². The molecule has 0 amide bonds. The lowest BCUT2D eigenvalue weighted by Gasteiger charge is -2.27. The molecule has 0 aliphatic carbocycles. The summed E-state index contributed by atoms with van der Waals surface area (Å²) in [5.41, 5.74) is 9.57. The van der Waals surface area contributed by atoms with Gasteiger partial charge in [0.05, 0.1) is 5.69 Å². The summed E-state index contributed by atoms with van der Waals surface area (Å²) in [5.74, 6) is 0. The molecule has 1 aromatic heterocycles. The van der Waals surface area contributed by atoms with Crippen molar-refractivity contribution in [1.29, 1.82) is 0 Å². The zero-order chi connectivity index (χ0) is 35.6. The number of para-hydroxylation sites is 1. The van der Waals surface area contributed by atoms with Crippen LogP contribution in [0.1, 0.15) is 0 Å². The minimum atomic E-state index is 0.861. The van der Waals surface area contributed by atoms with Crippen molar-refractivity contribution in [2.45, 2.75) is 0 Å². The largest absolute Gasteiger partial charge is 0.454 e. The second-order valence-corrected chi connectivity index (χ2v) is 14.1. The number of nitrogens with zero attached hydrogens (tertiary/aromatic N) is 1. The molecule has 0 fully saturated rings. The lowest BCUT2D eigenvalue weighted by molar-refractivity contribution is 0.669. The van der Waals surface area contributed by atoms with Crippen LogP contribution < -0.4 is 4.90 Å². The highest BCUT2D eigenvalue weighted by Gasteiger charge is 2.23. The summed E-state index contributed by atoms with van der Waals surface area (Å²) in [6.45, 7) is 0. The lowest BCUT2D eigenvalue weighted by atomic mass is 9.93. The molecule has 1 heterocycles. The van der Waals surface area contributed by atoms with E-state index in [0.717, 1.165) is 50.1 Å². The number of fused-ring (bicyclic) bond motifs is 9. The summed E-state index contributed by atoms with van der Waals surface area (Å²) in [6.07, 6.45) is 0. The van der Waals surface area contributed by atoms with E-state index in [9.17, 15) is 0 Å². The lowest BCUT2D eigenvalue weighted by Crippen LogP contribution is -2.10. The first-order valence-electron chi connectivity index (χ1n) is 18.5. The first kappa shape index (κ1) is 30.5. The zero-order valence-corrected chi connectivity index (χ0v) is 29.4. The van der Waals surface area contributed by atoms with E-state index < -0.39 is 0 Å². The van der Waals surface area contributed by atoms with Crippen LogP contribution in [-0.4, -0.2) is 0 Å². The Labute approximate surface area is 312 Å². The van der Waals surface area contributed by atoms with Gasteiger partial charge in [-0.2, -0.15) is 0 Å². The number of hydrogen-bond acceptors (Lipinski definition) is 2. The van der Waals surface area contributed by atoms with E-state index in [4.69, 9.17) is 4.42 Å². The third-order valence-corrected chi connectivity index (χ3v) is 11.0. The van der Waals surface area contributed by atoms with E-state index in [2.05, 4.69) is 199 Å². The molecule has 11 aromatic rings. The second-order valence-electron chi connectivity index (χ2n) is 14.1. The van der Waals surface area contributed by atoms with Crippen LogP contribution >= 0.6 is 0 Å². The van der Waals surface area contributed by atoms with Crippen molar-refractivity contribution in [2.75, 3.05) is 4.90 Å². The predicted octanol–water partition coefficient (Wildman–Crippen LogP) is 15.0. The number of benzene rings is 10. The highest BCUT2D eigenvalue weighted by Crippen LogP contribution is 2.47. The van der Waals surface area contributed by atoms with Crippen LogP contribution in [-0.2, 0) is 0 Å². The van der Waals surface area contributed by atoms with Crippen molar-refractivity contribution >= 4 is 82.1 Å². The van der Waals surface area contributed by atoms with Gasteiger partial charge in [0.25, 0.3) is 0 Å². The molecule has 0 aliphatic heterocycles. The van der Waals surface area contributed by atoms with Crippen LogP contribution in [0.2, 0.25) is 0 Å². The molecule has 0 saturated carbocycles. The van der Waals surface area contributed by atoms with Crippen LogP contribution in [0, 0.1) is 0 Å². The predicted molar refractivity (Wildman–Crippen MR) is 229 cm³/mol. The quantitative estimate of drug-likeness (QED) is 0.168. The van der Waals surface area contributed by atoms with Gasteiger partial charge in [0.1, 0.15) is 5.58 Å². The minimum absolute atomic E-state index is 0.861. The fraction of sp³-hybridized carbons (Fsp3) is 0. The van der Waals surface area contributed by atoms with Crippen molar-refractivity contribution in [3.63, 3.8) is 0 Å². The summed E-state index contributed by atoms with van der Waals surface area (Å²) in [7, 11) is 0. The maximum Gasteiger partial charge on any atom is 0.160 e. The SMILES string of the molecule is c1ccc(-c2ccc(N(c3ccc(-c4cc5ccccc5c5ccccc45)cc3)c3ccc4ccc5ccccc5c4c3)c3oc4ccccc4c23)cc1. The topological polar surface area (TPSA) is 16.4 Å². The third-order valence-electron chi connectivity index (χ3n) is 11.0. The maximum atomic E-state index is 6.87. The van der Waals surface area contributed by atoms with Gasteiger partial charge in [-0.15, -0.1) is 0 Å². The van der Waals surface area contributed by atoms with Crippen LogP contribution in [0.4, 0.5) is 17.1 Å². The van der Waals surface area contributed by atoms with Gasteiger partial charge in [0, 0.05) is 22.1 Å². The molecular weight excluding hydrogens is 655 g/mol. The first-order chi connectivity index (χ1) is 26.8. The van der Waals surface area contributed by atoms with E-state index in [-0.39, 0.29) is 0 Å². The average Bonchev–Trinajstić information content (AvgIpc) is 3.64. The number of hydrogen-bond donors (Lipinski definition) is 0. The molecule has 0 saturated heterocycles. The Morgan fingerprint density at radius 3 is 1.70 bits per heavy atom. The molecule has 2 nitrogen and oxygen atoms in total. The van der Waals surface area contributed by atoms with Crippen molar-refractivity contribution < 1.29 is 4.42 Å². The molecule has 10 aromatic carbocycles. The summed E-state index contributed by atoms with van der Waals surface area (Å²) in [4.78, 5) is 2.36. The number of rotatable bonds is 5. The monoisotopic (exact) mass is 687 g/mol. The molecule has 2 heteroatoms. The van der Waals surface area contributed by atoms with Crippen LogP contribution in [0.3, 0.4) is 0 Å². The van der Waals surface area contributed by atoms with Crippen LogP contribution in [0.15, 0.2) is 205 Å². The van der Waals surface area contributed by atoms with Gasteiger partial charge in [0.2, 0.25) is 0 Å². The fourth-order valence-corrected chi connectivity index (χ4v) is 8.49. The smallest absolute Gasteiger partial charge is 0.160 e. The Kier molecular flexibility index (Phi) is 6.90. The Morgan fingerprint density at radius 1 is 0.333 bits per heavy atom. The van der Waals surface area contributed by atoms with Crippen molar-refractivity contribution in [3.05, 3.63) is 200 Å². The third kappa shape index (κ3) is 4.81. The minimum Gasteiger partial charge on any atom is -0.454 e. The van der Waals surface area contributed by atoms with E-state index >= 15 is 0 Å². The van der Waals surface area contributed by atoms with Gasteiger partial charge in [-0.1, -0.05) is 158 Å². The first-order valence-corrected chi connectivity index (χ1v) is 18.5. The molecule has 11 rings (SSSR count). The van der Waals surface area contributed by atoms with Gasteiger partial charge < -0.3 is 9.32 Å². The van der Waals surface area contributed by atoms with Crippen LogP contribution in [0.25, 0.3) is 87.3 Å². The normalized spacial score (nSPS) is 11.7. The zero-order valence-electron chi connectivity index (χ0n) is 29.4. The summed E-state index contributed by atoms with van der Waals surface area (Å²) in [6, 6.07) is 72.2. The Balaban J connectivity index is 1.16. The maximum absolute atomic E-state index is 6.87. The van der Waals surface area contributed by atoms with E-state index in [1.807, 2.05) is 6.07 Å². The molecule has 0 radical (unpaired) electrons. The van der Waals surface area contributed by atoms with E-state index in [1.54, 1.807) is 0 Å². The van der Waals surface area contributed by atoms with Crippen molar-refractivity contribution in [3.8, 4) is 22.3 Å². The van der Waals surface area contributed by atoms with Crippen molar-refractivity contribution in [1.82, 2.24) is 0 Å². The molecule has 0 atom stereocenters. The van der Waals surface area contributed by atoms with Gasteiger partial charge in [-0.25, -0.2) is 0 Å². The van der Waals surface area contributed by atoms with Crippen LogP contribution in [0.5, 0.6) is 0 Å². The summed E-state index contributed by atoms with van der Waals surface area (Å²) < 4.78 is 6.87. The Morgan fingerprint density at radius 2 is 0.907 bits per heavy atom. The van der Waals surface area contributed by atoms with Gasteiger partial charge >= 0.3 is 0 Å². The molecule has 252 valence electrons. The number of furan rings is 1. The standard InChI is InChI=1S/C52H33NO/c1-2-12-34(13-3-1)43-30-31-49(52-51(43)46-20-10-11-21-50(46)54-52)53(40-29-26-36-23-22-35-14-4-6-16-41(35)48(36)33-40)39-27-24-37(25-28-39)47-32-38-15-5-7-17-42(38)44-18-8-9-19-45(44)47/h1-33H. The highest BCUT2D eigenvalue weighted by atomic mass is 16.3. The molecular formula is C52H33NO. The molecule has 0 unspecified atom stereocenters. The van der Waals surface area contributed by atoms with Gasteiger partial charge in [-0.05, 0) is 108 Å². The average molecular weight is 688 g/mol. The molecule has 0 aliphatic rings. The fourth-order valence-electron chi connectivity index (χ4n) is 8.49. The number of anilines is 3. The van der Waals surface area contributed by atoms with Crippen molar-refractivity contribution in [2.24, 2.45) is 0 Å². The summed E-state index contributed by atoms with van der Waals surface area (Å²) in [5, 5.41) is 12.2. The molecule has 0 bridgehead atoms. The highest BCUT2D eigenvalue weighted by molar-refractivity contribution is 6.18. The second kappa shape index (κ2) is 12.2. The van der Waals surface area contributed by atoms with E-state index in [0.29, 0.717) is 0 Å². The molecule has 54 heavy (non-hydrogen) atoms. The Hall–Kier alpha value is -7.16.